The van der Waals surface area contributed by atoms with Crippen molar-refractivity contribution in [1.82, 2.24) is 9.97 Å². The first-order valence-corrected chi connectivity index (χ1v) is 52.2. The molecule has 760 valence electrons. The second-order valence-electron chi connectivity index (χ2n) is 38.2. The molecule has 0 saturated heterocycles. The number of carbonyl (C=O) groups excluding carboxylic acids is 10. The number of hydrogen-bond acceptors (Lipinski definition) is 13. The Hall–Kier alpha value is -16.5. The number of benzene rings is 13. The van der Waals surface area contributed by atoms with Gasteiger partial charge >= 0.3 is 0 Å². The molecular weight excluding hydrogens is 1870 g/mol. The molecule has 20 heteroatoms. The summed E-state index contributed by atoms with van der Waals surface area (Å²) in [5.41, 5.74) is 29.6. The largest absolute Gasteiger partial charge is 0.497 e. The van der Waals surface area contributed by atoms with E-state index in [9.17, 15) is 56.7 Å². The summed E-state index contributed by atoms with van der Waals surface area (Å²) in [5, 5.41) is 0. The first-order valence-electron chi connectivity index (χ1n) is 52.2. The number of carbonyl (C=O) groups is 10. The minimum Gasteiger partial charge on any atom is -0.497 e. The molecule has 0 unspecified atom stereocenters. The summed E-state index contributed by atoms with van der Waals surface area (Å²) < 4.78 is 34.7. The minimum absolute atomic E-state index is 0.0908. The van der Waals surface area contributed by atoms with Gasteiger partial charge < -0.3 is 29.2 Å². The highest BCUT2D eigenvalue weighted by Crippen LogP contribution is 2.41. The van der Waals surface area contributed by atoms with Crippen LogP contribution in [-0.2, 0) is 88.2 Å². The molecule has 13 aromatic carbocycles. The van der Waals surface area contributed by atoms with Crippen molar-refractivity contribution < 1.29 is 61.5 Å². The zero-order chi connectivity index (χ0) is 105. The van der Waals surface area contributed by atoms with Crippen LogP contribution in [0.25, 0.3) is 55.6 Å². The number of ether oxygens (including phenoxy) is 1. The van der Waals surface area contributed by atoms with Crippen LogP contribution in [-0.4, -0.2) is 108 Å². The van der Waals surface area contributed by atoms with Crippen molar-refractivity contribution in [3.05, 3.63) is 429 Å². The Morgan fingerprint density at radius 1 is 0.273 bits per heavy atom. The summed E-state index contributed by atoms with van der Waals surface area (Å²) in [6.07, 6.45) is 19.0. The second-order valence-corrected chi connectivity index (χ2v) is 38.2. The maximum atomic E-state index is 14.8. The molecule has 0 saturated carbocycles. The van der Waals surface area contributed by atoms with E-state index in [0.29, 0.717) is 101 Å². The van der Waals surface area contributed by atoms with E-state index in [1.807, 2.05) is 248 Å². The van der Waals surface area contributed by atoms with Crippen LogP contribution in [0.5, 0.6) is 5.75 Å². The molecule has 0 N–H and O–H groups in total. The Bertz CT molecular complexity index is 7410. The fraction of sp³-hybridized carbons (Fsp3) is 0.246. The maximum Gasteiger partial charge on any atom is 0.226 e. The Labute approximate surface area is 877 Å². The Balaban J connectivity index is 0.000000133. The Morgan fingerprint density at radius 2 is 0.560 bits per heavy atom. The van der Waals surface area contributed by atoms with Gasteiger partial charge in [0.05, 0.1) is 12.7 Å². The molecule has 0 radical (unpaired) electrons. The van der Waals surface area contributed by atoms with E-state index in [1.165, 1.54) is 45.5 Å². The van der Waals surface area contributed by atoms with Gasteiger partial charge in [-0.1, -0.05) is 240 Å². The molecule has 0 atom stereocenters. The van der Waals surface area contributed by atoms with Crippen LogP contribution in [0.2, 0.25) is 0 Å². The van der Waals surface area contributed by atoms with Crippen molar-refractivity contribution in [3.63, 3.8) is 0 Å². The van der Waals surface area contributed by atoms with Gasteiger partial charge in [0.2, 0.25) is 29.5 Å². The molecule has 5 amide bonds. The van der Waals surface area contributed by atoms with Gasteiger partial charge in [0.15, 0.2) is 28.9 Å². The SMILES string of the molecule is CCC(=O)N1CCc2cc(-c3ccc(C(=O)CCc4ccc(C)cc4)cc3)ccc21.CCC(=O)N1CCc2cc(-c3ccc(C(=O)CCc4ccc(OC)cc4)cc3)ccc21.CCC(=O)N1CCc2cc(-c3ccc(C(=O)CCc4ccccc4)cc3)ccc21.CCC(=O)N1CCc2cc(-c3ccc(C(=O)CCc4cccnc4)c(F)c3)ccc21.CCC(=O)N1CCc2cc(-c3ccc(C(=O)CCc4cccnc4)cc3F)ccc21. The summed E-state index contributed by atoms with van der Waals surface area (Å²) in [6, 6.07) is 97.1. The number of anilines is 5. The summed E-state index contributed by atoms with van der Waals surface area (Å²) in [6.45, 7) is 15.1. The lowest BCUT2D eigenvalue weighted by atomic mass is 9.97. The van der Waals surface area contributed by atoms with Crippen LogP contribution >= 0.6 is 0 Å². The fourth-order valence-corrected chi connectivity index (χ4v) is 19.8. The monoisotopic (exact) mass is 2000 g/mol. The number of rotatable bonds is 31. The lowest BCUT2D eigenvalue weighted by Gasteiger charge is -2.16. The van der Waals surface area contributed by atoms with Crippen molar-refractivity contribution in [3.8, 4) is 61.4 Å². The standard InChI is InChI=1S/C27H27NO3.C27H27NO2.C26H25NO2.2C25H23FN2O2/c1-3-27(30)28-17-16-23-18-22(11-14-25(23)28)20-7-9-21(10-8-20)26(29)15-6-19-4-12-24(31-2)13-5-19;1-3-27(30)28-17-16-24-18-23(13-14-25(24)28)21-9-11-22(12-10-21)26(29)15-8-20-6-4-19(2)5-7-20;1-2-26(29)27-17-16-23-18-22(13-14-24(23)27)20-9-11-21(12-10-20)25(28)15-8-19-6-4-3-5-7-19;1-2-25(30)28-13-11-19-14-18(7-9-23(19)28)21-8-6-20(15-22(21)26)24(29)10-5-17-4-3-12-27-16-17;1-2-25(30)28-13-11-20-14-18(7-9-23(20)28)19-6-8-21(22(26)15-19)24(29)10-5-17-4-3-12-27-16-17/h4-5,7-14,18H,3,6,15-17H2,1-2H3;4-7,9-14,18H,3,8,15-17H2,1-2H3;3-7,9-14,18H,2,8,15-17H2,1H3;2*3-4,6-9,12,14-16H,2,5,10-11,13H2,1H3. The molecule has 0 fully saturated rings. The zero-order valence-electron chi connectivity index (χ0n) is 86.2. The van der Waals surface area contributed by atoms with E-state index in [1.54, 1.807) is 61.1 Å². The number of pyridine rings is 2. The highest BCUT2D eigenvalue weighted by Gasteiger charge is 2.31. The van der Waals surface area contributed by atoms with Gasteiger partial charge in [-0.2, -0.15) is 0 Å². The third-order valence-electron chi connectivity index (χ3n) is 28.5. The number of aryl methyl sites for hydroxylation is 6. The number of amides is 5. The first-order chi connectivity index (χ1) is 72.9. The normalized spacial score (nSPS) is 12.6. The Morgan fingerprint density at radius 3 is 0.893 bits per heavy atom. The molecule has 5 aliphatic rings. The number of ketones is 5. The zero-order valence-corrected chi connectivity index (χ0v) is 86.2. The second kappa shape index (κ2) is 50.8. The van der Waals surface area contributed by atoms with E-state index in [0.717, 1.165) is 193 Å². The highest BCUT2D eigenvalue weighted by molar-refractivity contribution is 6.03. The van der Waals surface area contributed by atoms with Crippen molar-refractivity contribution in [2.24, 2.45) is 0 Å². The number of methoxy groups -OCH3 is 1. The van der Waals surface area contributed by atoms with Crippen molar-refractivity contribution in [2.75, 3.05) is 64.3 Å². The average molecular weight is 2000 g/mol. The van der Waals surface area contributed by atoms with Crippen LogP contribution in [0.15, 0.2) is 328 Å². The van der Waals surface area contributed by atoms with Crippen molar-refractivity contribution in [2.45, 2.75) is 170 Å². The molecule has 2 aromatic heterocycles. The van der Waals surface area contributed by atoms with Crippen LogP contribution in [0.3, 0.4) is 0 Å². The summed E-state index contributed by atoms with van der Waals surface area (Å²) >= 11 is 0. The number of aromatic nitrogens is 2. The van der Waals surface area contributed by atoms with Gasteiger partial charge in [0.25, 0.3) is 0 Å². The van der Waals surface area contributed by atoms with Crippen LogP contribution in [0.4, 0.5) is 37.2 Å². The average Bonchev–Trinajstić information content (AvgIpc) is 1.61. The molecule has 20 rings (SSSR count). The van der Waals surface area contributed by atoms with E-state index in [2.05, 4.69) is 89.7 Å². The summed E-state index contributed by atoms with van der Waals surface area (Å²) in [5.74, 6) is 0.809. The third kappa shape index (κ3) is 26.5. The predicted molar refractivity (Wildman–Crippen MR) is 593 cm³/mol. The van der Waals surface area contributed by atoms with Crippen LogP contribution < -0.4 is 29.2 Å². The molecule has 0 aliphatic carbocycles. The highest BCUT2D eigenvalue weighted by atomic mass is 19.1. The topological polar surface area (TPSA) is 222 Å². The molecule has 0 spiro atoms. The predicted octanol–water partition coefficient (Wildman–Crippen LogP) is 26.7. The van der Waals surface area contributed by atoms with Gasteiger partial charge in [0.1, 0.15) is 17.4 Å². The van der Waals surface area contributed by atoms with E-state index in [4.69, 9.17) is 4.74 Å². The smallest absolute Gasteiger partial charge is 0.226 e. The number of halogens is 2. The lowest BCUT2D eigenvalue weighted by molar-refractivity contribution is -0.119. The summed E-state index contributed by atoms with van der Waals surface area (Å²) in [4.78, 5) is 140. The van der Waals surface area contributed by atoms with Gasteiger partial charge in [-0.25, -0.2) is 8.78 Å². The van der Waals surface area contributed by atoms with Crippen molar-refractivity contribution in [1.29, 1.82) is 0 Å². The van der Waals surface area contributed by atoms with Crippen LogP contribution in [0.1, 0.15) is 212 Å². The molecular formula is C130H125F2N7O11. The van der Waals surface area contributed by atoms with E-state index in [-0.39, 0.29) is 70.4 Å². The fourth-order valence-electron chi connectivity index (χ4n) is 19.8. The molecule has 0 bridgehead atoms. The maximum absolute atomic E-state index is 14.8. The van der Waals surface area contributed by atoms with Gasteiger partial charge in [-0.3, -0.25) is 57.9 Å². The molecule has 18 nitrogen and oxygen atoms in total. The number of nitrogens with zero attached hydrogens (tertiary/aromatic N) is 7. The van der Waals surface area contributed by atoms with Crippen LogP contribution in [0, 0.1) is 18.6 Å². The molecule has 150 heavy (non-hydrogen) atoms. The number of Topliss-reactive ketones (excluding diaryl/α,β-unsaturated/α-hetero) is 5. The lowest BCUT2D eigenvalue weighted by Crippen LogP contribution is -2.27. The number of hydrogen-bond donors (Lipinski definition) is 0. The van der Waals surface area contributed by atoms with E-state index >= 15 is 0 Å². The summed E-state index contributed by atoms with van der Waals surface area (Å²) in [7, 11) is 1.65. The minimum atomic E-state index is -0.507. The van der Waals surface area contributed by atoms with Gasteiger partial charge in [-0.15, -0.1) is 0 Å². The number of fused-ring (bicyclic) bond motifs is 5. The van der Waals surface area contributed by atoms with Crippen molar-refractivity contribution >= 4 is 86.9 Å². The third-order valence-corrected chi connectivity index (χ3v) is 28.5. The first kappa shape index (κ1) is 106. The Kier molecular flexibility index (Phi) is 36.0. The molecule has 7 heterocycles. The van der Waals surface area contributed by atoms with Gasteiger partial charge in [-0.05, 0) is 280 Å². The quantitative estimate of drug-likeness (QED) is 0.0369. The molecule has 15 aromatic rings. The molecule has 5 aliphatic heterocycles. The van der Waals surface area contributed by atoms with E-state index < -0.39 is 11.6 Å². The van der Waals surface area contributed by atoms with Gasteiger partial charge in [0, 0.05) is 178 Å².